The molecule has 0 saturated heterocycles. The summed E-state index contributed by atoms with van der Waals surface area (Å²) >= 11 is 0. The third-order valence-electron chi connectivity index (χ3n) is 4.72. The number of benzene rings is 1. The van der Waals surface area contributed by atoms with E-state index in [2.05, 4.69) is 37.3 Å². The Balaban J connectivity index is 1.84. The molecule has 1 aromatic rings. The smallest absolute Gasteiger partial charge is 0.0978 e. The van der Waals surface area contributed by atoms with Gasteiger partial charge in [-0.05, 0) is 43.7 Å². The molecule has 0 aromatic heterocycles. The monoisotopic (exact) mass is 300 g/mol. The number of hydrogen-bond acceptors (Lipinski definition) is 1. The van der Waals surface area contributed by atoms with Gasteiger partial charge in [-0.2, -0.15) is 0 Å². The maximum Gasteiger partial charge on any atom is 0.0978 e. The molecule has 0 atom stereocenters. The standard InChI is InChI=1S/C21H32O/c1-19(20-14-10-9-11-15-20)18-22-21-16-12-7-5-3-2-4-6-8-13-17-21/h9-11,14-15,18,21H,2-8,12-13,16-17H2,1H3/b19-18+. The maximum atomic E-state index is 6.14. The fourth-order valence-electron chi connectivity index (χ4n) is 3.23. The molecule has 1 heteroatoms. The van der Waals surface area contributed by atoms with E-state index in [1.165, 1.54) is 81.8 Å². The van der Waals surface area contributed by atoms with E-state index in [0.717, 1.165) is 0 Å². The van der Waals surface area contributed by atoms with Crippen molar-refractivity contribution in [3.63, 3.8) is 0 Å². The van der Waals surface area contributed by atoms with Crippen molar-refractivity contribution in [2.45, 2.75) is 83.7 Å². The molecule has 2 rings (SSSR count). The van der Waals surface area contributed by atoms with Gasteiger partial charge in [0.15, 0.2) is 0 Å². The Bertz CT molecular complexity index is 409. The van der Waals surface area contributed by atoms with Crippen molar-refractivity contribution < 1.29 is 4.74 Å². The summed E-state index contributed by atoms with van der Waals surface area (Å²) in [6, 6.07) is 10.5. The summed E-state index contributed by atoms with van der Waals surface area (Å²) in [4.78, 5) is 0. The van der Waals surface area contributed by atoms with Crippen molar-refractivity contribution in [2.75, 3.05) is 0 Å². The number of hydrogen-bond donors (Lipinski definition) is 0. The molecule has 1 aliphatic rings. The first-order valence-electron chi connectivity index (χ1n) is 9.24. The van der Waals surface area contributed by atoms with Gasteiger partial charge in [-0.25, -0.2) is 0 Å². The largest absolute Gasteiger partial charge is 0.498 e. The summed E-state index contributed by atoms with van der Waals surface area (Å²) in [5.41, 5.74) is 2.49. The van der Waals surface area contributed by atoms with E-state index in [-0.39, 0.29) is 0 Å². The number of rotatable bonds is 3. The molecule has 1 nitrogen and oxygen atoms in total. The van der Waals surface area contributed by atoms with Crippen LogP contribution in [0.2, 0.25) is 0 Å². The molecular formula is C21H32O. The Morgan fingerprint density at radius 1 is 0.818 bits per heavy atom. The molecular weight excluding hydrogens is 268 g/mol. The van der Waals surface area contributed by atoms with Crippen LogP contribution in [0.1, 0.15) is 83.1 Å². The third kappa shape index (κ3) is 6.68. The molecule has 0 unspecified atom stereocenters. The van der Waals surface area contributed by atoms with Gasteiger partial charge in [0, 0.05) is 0 Å². The van der Waals surface area contributed by atoms with Gasteiger partial charge in [0.2, 0.25) is 0 Å². The Labute approximate surface area is 136 Å². The van der Waals surface area contributed by atoms with E-state index in [4.69, 9.17) is 4.74 Å². The zero-order valence-corrected chi connectivity index (χ0v) is 14.2. The van der Waals surface area contributed by atoms with Crippen LogP contribution in [-0.4, -0.2) is 6.10 Å². The summed E-state index contributed by atoms with van der Waals surface area (Å²) in [6.45, 7) is 2.14. The Morgan fingerprint density at radius 2 is 1.32 bits per heavy atom. The zero-order valence-electron chi connectivity index (χ0n) is 14.2. The molecule has 0 aliphatic heterocycles. The van der Waals surface area contributed by atoms with Crippen molar-refractivity contribution >= 4 is 5.57 Å². The fraction of sp³-hybridized carbons (Fsp3) is 0.619. The molecule has 1 saturated carbocycles. The van der Waals surface area contributed by atoms with Crippen LogP contribution in [0.15, 0.2) is 36.6 Å². The number of ether oxygens (including phenoxy) is 1. The molecule has 1 aliphatic carbocycles. The number of allylic oxidation sites excluding steroid dienone is 1. The van der Waals surface area contributed by atoms with Crippen molar-refractivity contribution in [2.24, 2.45) is 0 Å². The SMILES string of the molecule is C/C(=C\OC1CCCCCCCCCCC1)c1ccccc1. The minimum absolute atomic E-state index is 0.415. The second-order valence-electron chi connectivity index (χ2n) is 6.68. The Morgan fingerprint density at radius 3 is 1.86 bits per heavy atom. The van der Waals surface area contributed by atoms with Crippen LogP contribution in [0.3, 0.4) is 0 Å². The second kappa shape index (κ2) is 10.5. The first kappa shape index (κ1) is 17.1. The van der Waals surface area contributed by atoms with Gasteiger partial charge < -0.3 is 4.74 Å². The first-order chi connectivity index (χ1) is 10.9. The molecule has 122 valence electrons. The van der Waals surface area contributed by atoms with E-state index in [0.29, 0.717) is 6.10 Å². The van der Waals surface area contributed by atoms with Gasteiger partial charge in [-0.1, -0.05) is 75.3 Å². The highest BCUT2D eigenvalue weighted by atomic mass is 16.5. The lowest BCUT2D eigenvalue weighted by Gasteiger charge is -2.18. The van der Waals surface area contributed by atoms with Gasteiger partial charge in [-0.3, -0.25) is 0 Å². The summed E-state index contributed by atoms with van der Waals surface area (Å²) in [5, 5.41) is 0. The molecule has 1 fully saturated rings. The normalized spacial score (nSPS) is 20.0. The van der Waals surface area contributed by atoms with Crippen LogP contribution in [-0.2, 0) is 4.74 Å². The predicted molar refractivity (Wildman–Crippen MR) is 95.8 cm³/mol. The minimum Gasteiger partial charge on any atom is -0.498 e. The van der Waals surface area contributed by atoms with E-state index in [1.54, 1.807) is 0 Å². The van der Waals surface area contributed by atoms with Gasteiger partial charge in [0.25, 0.3) is 0 Å². The van der Waals surface area contributed by atoms with Crippen LogP contribution in [0, 0.1) is 0 Å². The van der Waals surface area contributed by atoms with Crippen molar-refractivity contribution in [3.05, 3.63) is 42.2 Å². The minimum atomic E-state index is 0.415. The highest BCUT2D eigenvalue weighted by molar-refractivity contribution is 5.62. The van der Waals surface area contributed by atoms with Crippen molar-refractivity contribution in [1.82, 2.24) is 0 Å². The fourth-order valence-corrected chi connectivity index (χ4v) is 3.23. The second-order valence-corrected chi connectivity index (χ2v) is 6.68. The molecule has 0 amide bonds. The average Bonchev–Trinajstić information content (AvgIpc) is 2.55. The summed E-state index contributed by atoms with van der Waals surface area (Å²) in [5.74, 6) is 0. The quantitative estimate of drug-likeness (QED) is 0.562. The lowest BCUT2D eigenvalue weighted by atomic mass is 9.99. The molecule has 0 heterocycles. The lowest BCUT2D eigenvalue weighted by molar-refractivity contribution is 0.121. The van der Waals surface area contributed by atoms with Crippen LogP contribution in [0.4, 0.5) is 0 Å². The van der Waals surface area contributed by atoms with Gasteiger partial charge in [-0.15, -0.1) is 0 Å². The topological polar surface area (TPSA) is 9.23 Å². The van der Waals surface area contributed by atoms with Gasteiger partial charge in [0.05, 0.1) is 12.4 Å². The van der Waals surface area contributed by atoms with Crippen LogP contribution >= 0.6 is 0 Å². The Hall–Kier alpha value is -1.24. The van der Waals surface area contributed by atoms with Gasteiger partial charge in [0.1, 0.15) is 0 Å². The van der Waals surface area contributed by atoms with Gasteiger partial charge >= 0.3 is 0 Å². The molecule has 0 bridgehead atoms. The van der Waals surface area contributed by atoms with Crippen molar-refractivity contribution in [3.8, 4) is 0 Å². The molecule has 1 aromatic carbocycles. The molecule has 22 heavy (non-hydrogen) atoms. The molecule has 0 radical (unpaired) electrons. The highest BCUT2D eigenvalue weighted by Crippen LogP contribution is 2.20. The Kier molecular flexibility index (Phi) is 8.15. The maximum absolute atomic E-state index is 6.14. The summed E-state index contributed by atoms with van der Waals surface area (Å²) < 4.78 is 6.14. The zero-order chi connectivity index (χ0) is 15.5. The molecule has 0 spiro atoms. The summed E-state index contributed by atoms with van der Waals surface area (Å²) in [6.07, 6.45) is 17.4. The van der Waals surface area contributed by atoms with E-state index in [9.17, 15) is 0 Å². The lowest BCUT2D eigenvalue weighted by Crippen LogP contribution is -2.10. The van der Waals surface area contributed by atoms with Crippen LogP contribution < -0.4 is 0 Å². The van der Waals surface area contributed by atoms with E-state index >= 15 is 0 Å². The first-order valence-corrected chi connectivity index (χ1v) is 9.24. The van der Waals surface area contributed by atoms with E-state index in [1.807, 2.05) is 6.26 Å². The van der Waals surface area contributed by atoms with E-state index < -0.39 is 0 Å². The van der Waals surface area contributed by atoms with Crippen LogP contribution in [0.5, 0.6) is 0 Å². The predicted octanol–water partition coefficient (Wildman–Crippen LogP) is 6.74. The summed E-state index contributed by atoms with van der Waals surface area (Å²) in [7, 11) is 0. The third-order valence-corrected chi connectivity index (χ3v) is 4.72. The highest BCUT2D eigenvalue weighted by Gasteiger charge is 2.09. The molecule has 0 N–H and O–H groups in total. The van der Waals surface area contributed by atoms with Crippen molar-refractivity contribution in [1.29, 1.82) is 0 Å². The van der Waals surface area contributed by atoms with Crippen LogP contribution in [0.25, 0.3) is 5.57 Å². The average molecular weight is 300 g/mol.